The normalized spacial score (nSPS) is 16.3. The van der Waals surface area contributed by atoms with Crippen molar-refractivity contribution in [3.05, 3.63) is 74.4 Å². The predicted octanol–water partition coefficient (Wildman–Crippen LogP) is 5.37. The Morgan fingerprint density at radius 1 is 1.12 bits per heavy atom. The van der Waals surface area contributed by atoms with Gasteiger partial charge in [0, 0.05) is 10.0 Å². The average Bonchev–Trinajstić information content (AvgIpc) is 2.77. The SMILES string of the molecule is O=C1S/C(=C\c2cccc(F)c2)C(=O)N1Cc1ccc(Cl)cc1Cl. The van der Waals surface area contributed by atoms with E-state index in [9.17, 15) is 14.0 Å². The van der Waals surface area contributed by atoms with Crippen LogP contribution < -0.4 is 0 Å². The summed E-state index contributed by atoms with van der Waals surface area (Å²) in [6.07, 6.45) is 1.50. The number of halogens is 3. The molecule has 24 heavy (non-hydrogen) atoms. The predicted molar refractivity (Wildman–Crippen MR) is 94.4 cm³/mol. The van der Waals surface area contributed by atoms with Crippen molar-refractivity contribution in [1.82, 2.24) is 4.90 Å². The van der Waals surface area contributed by atoms with E-state index in [1.54, 1.807) is 30.3 Å². The van der Waals surface area contributed by atoms with Crippen LogP contribution in [0.25, 0.3) is 6.08 Å². The molecule has 122 valence electrons. The van der Waals surface area contributed by atoms with E-state index in [0.29, 0.717) is 21.2 Å². The van der Waals surface area contributed by atoms with Crippen LogP contribution in [0.1, 0.15) is 11.1 Å². The van der Waals surface area contributed by atoms with Gasteiger partial charge in [0.2, 0.25) is 0 Å². The smallest absolute Gasteiger partial charge is 0.268 e. The summed E-state index contributed by atoms with van der Waals surface area (Å²) in [5, 5.41) is 0.466. The van der Waals surface area contributed by atoms with E-state index in [-0.39, 0.29) is 11.4 Å². The first kappa shape index (κ1) is 17.0. The molecule has 1 aliphatic rings. The highest BCUT2D eigenvalue weighted by Gasteiger charge is 2.35. The molecule has 1 aliphatic heterocycles. The molecule has 1 fully saturated rings. The van der Waals surface area contributed by atoms with Crippen LogP contribution in [0.3, 0.4) is 0 Å². The monoisotopic (exact) mass is 381 g/mol. The topological polar surface area (TPSA) is 37.4 Å². The highest BCUT2D eigenvalue weighted by atomic mass is 35.5. The van der Waals surface area contributed by atoms with Crippen molar-refractivity contribution in [3.63, 3.8) is 0 Å². The molecule has 0 aromatic heterocycles. The second kappa shape index (κ2) is 6.97. The minimum absolute atomic E-state index is 0.0567. The molecule has 0 spiro atoms. The maximum Gasteiger partial charge on any atom is 0.293 e. The summed E-state index contributed by atoms with van der Waals surface area (Å²) < 4.78 is 13.2. The molecule has 0 saturated carbocycles. The maximum atomic E-state index is 13.2. The van der Waals surface area contributed by atoms with E-state index < -0.39 is 17.0 Å². The molecule has 1 heterocycles. The second-order valence-electron chi connectivity index (χ2n) is 5.06. The molecule has 0 N–H and O–H groups in total. The lowest BCUT2D eigenvalue weighted by Crippen LogP contribution is -2.27. The van der Waals surface area contributed by atoms with Crippen LogP contribution >= 0.6 is 35.0 Å². The standard InChI is InChI=1S/C17H10Cl2FNO2S/c18-12-5-4-11(14(19)8-12)9-21-16(22)15(24-17(21)23)7-10-2-1-3-13(20)6-10/h1-8H,9H2/b15-7-. The molecule has 0 aliphatic carbocycles. The number of benzene rings is 2. The van der Waals surface area contributed by atoms with E-state index in [0.717, 1.165) is 16.7 Å². The van der Waals surface area contributed by atoms with Crippen LogP contribution in [0, 0.1) is 5.82 Å². The molecule has 2 aromatic rings. The number of amides is 2. The number of carbonyl (C=O) groups excluding carboxylic acids is 2. The molecule has 0 bridgehead atoms. The summed E-state index contributed by atoms with van der Waals surface area (Å²) in [6.45, 7) is 0.0567. The summed E-state index contributed by atoms with van der Waals surface area (Å²) in [6, 6.07) is 10.7. The third-order valence-electron chi connectivity index (χ3n) is 3.36. The van der Waals surface area contributed by atoms with Crippen LogP contribution in [-0.2, 0) is 11.3 Å². The number of hydrogen-bond donors (Lipinski definition) is 0. The van der Waals surface area contributed by atoms with Gasteiger partial charge in [0.15, 0.2) is 0 Å². The van der Waals surface area contributed by atoms with Crippen molar-refractivity contribution in [2.24, 2.45) is 0 Å². The molecule has 0 atom stereocenters. The summed E-state index contributed by atoms with van der Waals surface area (Å²) in [4.78, 5) is 25.9. The lowest BCUT2D eigenvalue weighted by molar-refractivity contribution is -0.123. The molecule has 3 rings (SSSR count). The number of nitrogens with zero attached hydrogens (tertiary/aromatic N) is 1. The fourth-order valence-electron chi connectivity index (χ4n) is 2.20. The zero-order valence-corrected chi connectivity index (χ0v) is 14.5. The number of carbonyl (C=O) groups is 2. The lowest BCUT2D eigenvalue weighted by atomic mass is 10.2. The van der Waals surface area contributed by atoms with Crippen LogP contribution in [0.4, 0.5) is 9.18 Å². The fourth-order valence-corrected chi connectivity index (χ4v) is 3.51. The Morgan fingerprint density at radius 3 is 2.62 bits per heavy atom. The molecule has 2 amide bonds. The first-order chi connectivity index (χ1) is 11.4. The van der Waals surface area contributed by atoms with Gasteiger partial charge in [-0.1, -0.05) is 41.4 Å². The average molecular weight is 382 g/mol. The van der Waals surface area contributed by atoms with Crippen LogP contribution in [0.2, 0.25) is 10.0 Å². The van der Waals surface area contributed by atoms with Gasteiger partial charge in [0.25, 0.3) is 11.1 Å². The van der Waals surface area contributed by atoms with Gasteiger partial charge in [0.05, 0.1) is 11.4 Å². The van der Waals surface area contributed by atoms with E-state index in [1.807, 2.05) is 0 Å². The van der Waals surface area contributed by atoms with E-state index >= 15 is 0 Å². The van der Waals surface area contributed by atoms with Gasteiger partial charge in [-0.25, -0.2) is 4.39 Å². The van der Waals surface area contributed by atoms with Gasteiger partial charge < -0.3 is 0 Å². The number of imide groups is 1. The number of hydrogen-bond acceptors (Lipinski definition) is 3. The Bertz CT molecular complexity index is 869. The molecular formula is C17H10Cl2FNO2S. The molecule has 0 radical (unpaired) electrons. The molecular weight excluding hydrogens is 372 g/mol. The van der Waals surface area contributed by atoms with E-state index in [1.165, 1.54) is 18.2 Å². The minimum Gasteiger partial charge on any atom is -0.268 e. The quantitative estimate of drug-likeness (QED) is 0.670. The van der Waals surface area contributed by atoms with Crippen molar-refractivity contribution >= 4 is 52.2 Å². The van der Waals surface area contributed by atoms with E-state index in [4.69, 9.17) is 23.2 Å². The van der Waals surface area contributed by atoms with E-state index in [2.05, 4.69) is 0 Å². The first-order valence-corrected chi connectivity index (χ1v) is 8.46. The van der Waals surface area contributed by atoms with Crippen molar-refractivity contribution in [3.8, 4) is 0 Å². The van der Waals surface area contributed by atoms with Crippen molar-refractivity contribution < 1.29 is 14.0 Å². The van der Waals surface area contributed by atoms with Crippen LogP contribution in [0.5, 0.6) is 0 Å². The Labute approximate surface area is 152 Å². The van der Waals surface area contributed by atoms with Gasteiger partial charge in [-0.2, -0.15) is 0 Å². The molecule has 3 nitrogen and oxygen atoms in total. The third-order valence-corrected chi connectivity index (χ3v) is 4.86. The minimum atomic E-state index is -0.430. The number of thioether (sulfide) groups is 1. The molecule has 1 saturated heterocycles. The maximum absolute atomic E-state index is 13.2. The summed E-state index contributed by atoms with van der Waals surface area (Å²) >= 11 is 12.7. The largest absolute Gasteiger partial charge is 0.293 e. The van der Waals surface area contributed by atoms with Crippen LogP contribution in [0.15, 0.2) is 47.4 Å². The Kier molecular flexibility index (Phi) is 4.94. The Balaban J connectivity index is 1.84. The third kappa shape index (κ3) is 3.64. The first-order valence-electron chi connectivity index (χ1n) is 6.89. The van der Waals surface area contributed by atoms with Gasteiger partial charge in [-0.15, -0.1) is 0 Å². The zero-order chi connectivity index (χ0) is 17.3. The molecule has 7 heteroatoms. The molecule has 0 unspecified atom stereocenters. The fraction of sp³-hybridized carbons (Fsp3) is 0.0588. The highest BCUT2D eigenvalue weighted by molar-refractivity contribution is 8.18. The van der Waals surface area contributed by atoms with Crippen molar-refractivity contribution in [2.75, 3.05) is 0 Å². The van der Waals surface area contributed by atoms with Crippen LogP contribution in [-0.4, -0.2) is 16.0 Å². The summed E-state index contributed by atoms with van der Waals surface area (Å²) in [5.74, 6) is -0.837. The number of rotatable bonds is 3. The Morgan fingerprint density at radius 2 is 1.92 bits per heavy atom. The molecule has 2 aromatic carbocycles. The van der Waals surface area contributed by atoms with Gasteiger partial charge >= 0.3 is 0 Å². The van der Waals surface area contributed by atoms with Crippen molar-refractivity contribution in [2.45, 2.75) is 6.54 Å². The van der Waals surface area contributed by atoms with Crippen molar-refractivity contribution in [1.29, 1.82) is 0 Å². The van der Waals surface area contributed by atoms with Gasteiger partial charge in [-0.05, 0) is 53.2 Å². The summed E-state index contributed by atoms with van der Waals surface area (Å²) in [5.41, 5.74) is 1.14. The highest BCUT2D eigenvalue weighted by Crippen LogP contribution is 2.34. The zero-order valence-electron chi connectivity index (χ0n) is 12.1. The van der Waals surface area contributed by atoms with Gasteiger partial charge in [-0.3, -0.25) is 14.5 Å². The Hall–Kier alpha value is -1.82. The lowest BCUT2D eigenvalue weighted by Gasteiger charge is -2.13. The summed E-state index contributed by atoms with van der Waals surface area (Å²) in [7, 11) is 0. The van der Waals surface area contributed by atoms with Gasteiger partial charge in [0.1, 0.15) is 5.82 Å². The second-order valence-corrected chi connectivity index (χ2v) is 6.90.